The summed E-state index contributed by atoms with van der Waals surface area (Å²) in [4.78, 5) is 0. The number of aliphatic hydroxyl groups excluding tert-OH is 1. The molecule has 0 aliphatic heterocycles. The maximum atomic E-state index is 10.6. The predicted molar refractivity (Wildman–Crippen MR) is 73.6 cm³/mol. The number of aliphatic hydroxyl groups is 1. The van der Waals surface area contributed by atoms with Crippen molar-refractivity contribution in [1.29, 1.82) is 0 Å². The van der Waals surface area contributed by atoms with Crippen molar-refractivity contribution < 1.29 is 9.84 Å². The van der Waals surface area contributed by atoms with Gasteiger partial charge in [0.25, 0.3) is 0 Å². The van der Waals surface area contributed by atoms with Gasteiger partial charge in [0.05, 0.1) is 12.7 Å². The topological polar surface area (TPSA) is 29.5 Å². The van der Waals surface area contributed by atoms with Crippen LogP contribution < -0.4 is 4.74 Å². The van der Waals surface area contributed by atoms with Crippen molar-refractivity contribution in [3.8, 4) is 5.75 Å². The SMILES string of the molecule is CCOc1cccc(C(O)C2C(C)(C)C2(C)C)c1. The average Bonchev–Trinajstić information content (AvgIpc) is 2.69. The summed E-state index contributed by atoms with van der Waals surface area (Å²) in [7, 11) is 0. The average molecular weight is 248 g/mol. The summed E-state index contributed by atoms with van der Waals surface area (Å²) in [5.41, 5.74) is 1.34. The van der Waals surface area contributed by atoms with Crippen molar-refractivity contribution in [2.24, 2.45) is 16.7 Å². The van der Waals surface area contributed by atoms with Gasteiger partial charge < -0.3 is 9.84 Å². The van der Waals surface area contributed by atoms with Crippen LogP contribution in [0.3, 0.4) is 0 Å². The van der Waals surface area contributed by atoms with E-state index in [2.05, 4.69) is 27.7 Å². The van der Waals surface area contributed by atoms with Crippen molar-refractivity contribution >= 4 is 0 Å². The first-order chi connectivity index (χ1) is 8.32. The van der Waals surface area contributed by atoms with Gasteiger partial charge in [-0.15, -0.1) is 0 Å². The fourth-order valence-corrected chi connectivity index (χ4v) is 3.18. The molecule has 0 heterocycles. The molecular formula is C16H24O2. The van der Waals surface area contributed by atoms with Crippen molar-refractivity contribution in [2.75, 3.05) is 6.61 Å². The van der Waals surface area contributed by atoms with Crippen LogP contribution in [0.1, 0.15) is 46.3 Å². The first-order valence-corrected chi connectivity index (χ1v) is 6.73. The zero-order valence-corrected chi connectivity index (χ0v) is 12.0. The second kappa shape index (κ2) is 4.27. The van der Waals surface area contributed by atoms with Gasteiger partial charge in [0.15, 0.2) is 0 Å². The van der Waals surface area contributed by atoms with E-state index in [1.54, 1.807) is 0 Å². The van der Waals surface area contributed by atoms with Crippen molar-refractivity contribution in [2.45, 2.75) is 40.7 Å². The van der Waals surface area contributed by atoms with E-state index in [-0.39, 0.29) is 10.8 Å². The fraction of sp³-hybridized carbons (Fsp3) is 0.625. The molecule has 1 atom stereocenters. The molecule has 1 N–H and O–H groups in total. The van der Waals surface area contributed by atoms with Gasteiger partial charge in [-0.25, -0.2) is 0 Å². The van der Waals surface area contributed by atoms with Gasteiger partial charge >= 0.3 is 0 Å². The minimum atomic E-state index is -0.407. The number of rotatable bonds is 4. The van der Waals surface area contributed by atoms with E-state index in [9.17, 15) is 5.11 Å². The largest absolute Gasteiger partial charge is 0.494 e. The Kier molecular flexibility index (Phi) is 3.18. The maximum absolute atomic E-state index is 10.6. The highest BCUT2D eigenvalue weighted by atomic mass is 16.5. The van der Waals surface area contributed by atoms with E-state index in [0.717, 1.165) is 11.3 Å². The molecule has 1 saturated carbocycles. The molecule has 1 aromatic carbocycles. The molecule has 2 nitrogen and oxygen atoms in total. The second-order valence-electron chi connectivity index (χ2n) is 6.37. The van der Waals surface area contributed by atoms with Crippen LogP contribution in [0.2, 0.25) is 0 Å². The Morgan fingerprint density at radius 1 is 1.22 bits per heavy atom. The van der Waals surface area contributed by atoms with Gasteiger partial charge in [0.2, 0.25) is 0 Å². The smallest absolute Gasteiger partial charge is 0.119 e. The molecule has 0 spiro atoms. The molecule has 1 aliphatic carbocycles. The van der Waals surface area contributed by atoms with Gasteiger partial charge in [0.1, 0.15) is 5.75 Å². The Bertz CT molecular complexity index is 420. The lowest BCUT2D eigenvalue weighted by atomic mass is 9.99. The lowest BCUT2D eigenvalue weighted by molar-refractivity contribution is 0.130. The van der Waals surface area contributed by atoms with E-state index >= 15 is 0 Å². The lowest BCUT2D eigenvalue weighted by Gasteiger charge is -2.14. The first kappa shape index (κ1) is 13.4. The molecule has 1 unspecified atom stereocenters. The first-order valence-electron chi connectivity index (χ1n) is 6.73. The zero-order valence-electron chi connectivity index (χ0n) is 12.0. The molecule has 0 bridgehead atoms. The normalized spacial score (nSPS) is 22.6. The van der Waals surface area contributed by atoms with Crippen LogP contribution in [0.25, 0.3) is 0 Å². The van der Waals surface area contributed by atoms with Gasteiger partial charge in [-0.1, -0.05) is 39.8 Å². The number of hydrogen-bond donors (Lipinski definition) is 1. The number of ether oxygens (including phenoxy) is 1. The molecule has 1 fully saturated rings. The van der Waals surface area contributed by atoms with Crippen LogP contribution in [0.15, 0.2) is 24.3 Å². The van der Waals surface area contributed by atoms with Crippen LogP contribution >= 0.6 is 0 Å². The minimum absolute atomic E-state index is 0.189. The van der Waals surface area contributed by atoms with Crippen LogP contribution in [-0.4, -0.2) is 11.7 Å². The molecule has 100 valence electrons. The van der Waals surface area contributed by atoms with Crippen molar-refractivity contribution in [1.82, 2.24) is 0 Å². The number of benzene rings is 1. The van der Waals surface area contributed by atoms with Crippen molar-refractivity contribution in [3.05, 3.63) is 29.8 Å². The predicted octanol–water partition coefficient (Wildman–Crippen LogP) is 3.80. The molecule has 18 heavy (non-hydrogen) atoms. The van der Waals surface area contributed by atoms with E-state index in [4.69, 9.17) is 4.74 Å². The quantitative estimate of drug-likeness (QED) is 0.878. The van der Waals surface area contributed by atoms with Gasteiger partial charge in [-0.3, -0.25) is 0 Å². The van der Waals surface area contributed by atoms with Crippen molar-refractivity contribution in [3.63, 3.8) is 0 Å². The Morgan fingerprint density at radius 3 is 2.33 bits per heavy atom. The molecule has 2 rings (SSSR count). The minimum Gasteiger partial charge on any atom is -0.494 e. The summed E-state index contributed by atoms with van der Waals surface area (Å²) in [5, 5.41) is 10.6. The van der Waals surface area contributed by atoms with Crippen LogP contribution in [-0.2, 0) is 0 Å². The molecule has 0 aromatic heterocycles. The summed E-state index contributed by atoms with van der Waals surface area (Å²) in [6.07, 6.45) is -0.407. The van der Waals surface area contributed by atoms with Gasteiger partial charge in [-0.05, 0) is 35.4 Å². The Balaban J connectivity index is 2.20. The zero-order chi connectivity index (χ0) is 13.6. The fourth-order valence-electron chi connectivity index (χ4n) is 3.18. The summed E-state index contributed by atoms with van der Waals surface area (Å²) in [5.74, 6) is 1.15. The van der Waals surface area contributed by atoms with E-state index in [0.29, 0.717) is 12.5 Å². The van der Waals surface area contributed by atoms with Gasteiger partial charge in [0, 0.05) is 5.92 Å². The van der Waals surface area contributed by atoms with Crippen LogP contribution in [0.5, 0.6) is 5.75 Å². The Labute approximate surface area is 110 Å². The summed E-state index contributed by atoms with van der Waals surface area (Å²) < 4.78 is 5.49. The van der Waals surface area contributed by atoms with Crippen LogP contribution in [0, 0.1) is 16.7 Å². The van der Waals surface area contributed by atoms with Gasteiger partial charge in [-0.2, -0.15) is 0 Å². The Hall–Kier alpha value is -1.02. The third-order valence-corrected chi connectivity index (χ3v) is 4.96. The molecule has 0 radical (unpaired) electrons. The Morgan fingerprint density at radius 2 is 1.83 bits per heavy atom. The maximum Gasteiger partial charge on any atom is 0.119 e. The third-order valence-electron chi connectivity index (χ3n) is 4.96. The molecule has 0 amide bonds. The summed E-state index contributed by atoms with van der Waals surface area (Å²) >= 11 is 0. The summed E-state index contributed by atoms with van der Waals surface area (Å²) in [6.45, 7) is 11.5. The molecule has 2 heteroatoms. The highest BCUT2D eigenvalue weighted by molar-refractivity contribution is 5.32. The van der Waals surface area contributed by atoms with E-state index in [1.807, 2.05) is 31.2 Å². The van der Waals surface area contributed by atoms with E-state index < -0.39 is 6.10 Å². The highest BCUT2D eigenvalue weighted by Gasteiger charge is 2.67. The highest BCUT2D eigenvalue weighted by Crippen LogP contribution is 2.72. The lowest BCUT2D eigenvalue weighted by Crippen LogP contribution is -2.06. The molecule has 0 saturated heterocycles. The summed E-state index contributed by atoms with van der Waals surface area (Å²) in [6, 6.07) is 7.82. The molecule has 1 aromatic rings. The third kappa shape index (κ3) is 1.93. The second-order valence-corrected chi connectivity index (χ2v) is 6.37. The number of hydrogen-bond acceptors (Lipinski definition) is 2. The molecule has 1 aliphatic rings. The monoisotopic (exact) mass is 248 g/mol. The van der Waals surface area contributed by atoms with Crippen LogP contribution in [0.4, 0.5) is 0 Å². The molecular weight excluding hydrogens is 224 g/mol. The standard InChI is InChI=1S/C16H24O2/c1-6-18-12-9-7-8-11(10-12)13(17)14-15(2,3)16(14,4)5/h7-10,13-14,17H,6H2,1-5H3. The van der Waals surface area contributed by atoms with E-state index in [1.165, 1.54) is 0 Å².